The Bertz CT molecular complexity index is 950. The lowest BCUT2D eigenvalue weighted by Gasteiger charge is -2.29. The van der Waals surface area contributed by atoms with Crippen molar-refractivity contribution in [3.05, 3.63) is 51.9 Å². The number of piperidine rings is 1. The quantitative estimate of drug-likeness (QED) is 0.798. The number of H-pyrrole nitrogens is 1. The highest BCUT2D eigenvalue weighted by atomic mass is 16.1. The highest BCUT2D eigenvalue weighted by Gasteiger charge is 2.17. The molecule has 25 heavy (non-hydrogen) atoms. The van der Waals surface area contributed by atoms with Crippen LogP contribution in [0.4, 0.5) is 0 Å². The van der Waals surface area contributed by atoms with Crippen LogP contribution < -0.4 is 5.56 Å². The fourth-order valence-electron chi connectivity index (χ4n) is 3.42. The number of fused-ring (bicyclic) bond motifs is 1. The number of hydrogen-bond acceptors (Lipinski definition) is 4. The minimum Gasteiger partial charge on any atom is -0.297 e. The molecule has 130 valence electrons. The highest BCUT2D eigenvalue weighted by Crippen LogP contribution is 2.20. The first-order valence-electron chi connectivity index (χ1n) is 8.87. The molecule has 1 fully saturated rings. The average molecular weight is 337 g/mol. The molecule has 6 heteroatoms. The van der Waals surface area contributed by atoms with E-state index in [4.69, 9.17) is 0 Å². The van der Waals surface area contributed by atoms with Crippen LogP contribution in [0.5, 0.6) is 0 Å². The number of aromatic amines is 1. The van der Waals surface area contributed by atoms with Crippen LogP contribution in [-0.2, 0) is 6.54 Å². The normalized spacial score (nSPS) is 16.6. The van der Waals surface area contributed by atoms with E-state index >= 15 is 0 Å². The Morgan fingerprint density at radius 2 is 1.96 bits per heavy atom. The van der Waals surface area contributed by atoms with Crippen molar-refractivity contribution in [2.24, 2.45) is 5.92 Å². The van der Waals surface area contributed by atoms with E-state index in [-0.39, 0.29) is 5.56 Å². The van der Waals surface area contributed by atoms with Gasteiger partial charge in [-0.1, -0.05) is 31.2 Å². The molecule has 1 aliphatic heterocycles. The van der Waals surface area contributed by atoms with Gasteiger partial charge < -0.3 is 0 Å². The summed E-state index contributed by atoms with van der Waals surface area (Å²) in [5.41, 5.74) is 2.77. The van der Waals surface area contributed by atoms with Gasteiger partial charge in [0.25, 0.3) is 11.3 Å². The molecule has 0 spiro atoms. The predicted octanol–water partition coefficient (Wildman–Crippen LogP) is 2.62. The molecule has 4 rings (SSSR count). The number of aromatic nitrogens is 4. The molecular weight excluding hydrogens is 314 g/mol. The zero-order chi connectivity index (χ0) is 17.4. The van der Waals surface area contributed by atoms with Gasteiger partial charge in [-0.25, -0.2) is 4.98 Å². The van der Waals surface area contributed by atoms with Gasteiger partial charge >= 0.3 is 0 Å². The van der Waals surface area contributed by atoms with E-state index in [9.17, 15) is 4.79 Å². The molecule has 1 saturated heterocycles. The van der Waals surface area contributed by atoms with Crippen molar-refractivity contribution in [3.8, 4) is 11.4 Å². The maximum Gasteiger partial charge on any atom is 0.274 e. The van der Waals surface area contributed by atoms with Gasteiger partial charge in [0.05, 0.1) is 5.69 Å². The molecule has 0 aliphatic carbocycles. The second-order valence-corrected chi connectivity index (χ2v) is 7.07. The lowest BCUT2D eigenvalue weighted by Crippen LogP contribution is -2.33. The van der Waals surface area contributed by atoms with Crippen LogP contribution in [-0.4, -0.2) is 37.6 Å². The summed E-state index contributed by atoms with van der Waals surface area (Å²) in [6.45, 7) is 7.17. The van der Waals surface area contributed by atoms with E-state index in [1.165, 1.54) is 17.4 Å². The molecule has 0 radical (unpaired) electrons. The molecular formula is C19H23N5O. The van der Waals surface area contributed by atoms with Gasteiger partial charge in [-0.2, -0.15) is 9.50 Å². The van der Waals surface area contributed by atoms with Crippen LogP contribution in [0.1, 0.15) is 31.0 Å². The second kappa shape index (κ2) is 6.44. The predicted molar refractivity (Wildman–Crippen MR) is 97.5 cm³/mol. The average Bonchev–Trinajstić information content (AvgIpc) is 3.02. The fourth-order valence-corrected chi connectivity index (χ4v) is 3.42. The first-order valence-corrected chi connectivity index (χ1v) is 8.87. The molecule has 0 saturated carbocycles. The van der Waals surface area contributed by atoms with Crippen LogP contribution in [0.2, 0.25) is 0 Å². The fraction of sp³-hybridized carbons (Fsp3) is 0.421. The molecule has 0 bridgehead atoms. The Kier molecular flexibility index (Phi) is 4.13. The van der Waals surface area contributed by atoms with Gasteiger partial charge in [-0.15, -0.1) is 0 Å². The van der Waals surface area contributed by atoms with Gasteiger partial charge in [-0.05, 0) is 44.3 Å². The van der Waals surface area contributed by atoms with Crippen molar-refractivity contribution in [2.75, 3.05) is 13.1 Å². The summed E-state index contributed by atoms with van der Waals surface area (Å²) in [6.07, 6.45) is 2.42. The minimum absolute atomic E-state index is 0.113. The van der Waals surface area contributed by atoms with Gasteiger partial charge in [0.2, 0.25) is 0 Å². The van der Waals surface area contributed by atoms with Crippen LogP contribution in [0.15, 0.2) is 35.1 Å². The van der Waals surface area contributed by atoms with Crippen LogP contribution >= 0.6 is 0 Å². The number of nitrogens with one attached hydrogen (secondary N) is 1. The molecule has 0 unspecified atom stereocenters. The van der Waals surface area contributed by atoms with Crippen molar-refractivity contribution >= 4 is 5.78 Å². The largest absolute Gasteiger partial charge is 0.297 e. The van der Waals surface area contributed by atoms with Crippen molar-refractivity contribution in [1.82, 2.24) is 24.5 Å². The molecule has 0 atom stereocenters. The van der Waals surface area contributed by atoms with Gasteiger partial charge in [0.15, 0.2) is 5.82 Å². The third kappa shape index (κ3) is 3.22. The molecule has 1 aliphatic rings. The van der Waals surface area contributed by atoms with Crippen molar-refractivity contribution in [1.29, 1.82) is 0 Å². The van der Waals surface area contributed by atoms with Crippen molar-refractivity contribution in [3.63, 3.8) is 0 Å². The Morgan fingerprint density at radius 1 is 1.20 bits per heavy atom. The lowest BCUT2D eigenvalue weighted by molar-refractivity contribution is 0.183. The number of nitrogens with zero attached hydrogens (tertiary/aromatic N) is 4. The summed E-state index contributed by atoms with van der Waals surface area (Å²) in [4.78, 5) is 24.0. The standard InChI is InChI=1S/C19H23N5O/c1-13-7-9-23(10-8-13)12-15-11-17(25)24-19(20-15)21-18(22-24)16-6-4-3-5-14(16)2/h3-6,11,13H,7-10,12H2,1-2H3,(H,20,21,22). The third-order valence-electron chi connectivity index (χ3n) is 5.05. The Morgan fingerprint density at radius 3 is 2.72 bits per heavy atom. The summed E-state index contributed by atoms with van der Waals surface area (Å²) in [7, 11) is 0. The van der Waals surface area contributed by atoms with Gasteiger partial charge in [0.1, 0.15) is 0 Å². The molecule has 1 N–H and O–H groups in total. The van der Waals surface area contributed by atoms with E-state index < -0.39 is 0 Å². The minimum atomic E-state index is -0.113. The van der Waals surface area contributed by atoms with E-state index in [1.807, 2.05) is 31.2 Å². The molecule has 2 aromatic heterocycles. The summed E-state index contributed by atoms with van der Waals surface area (Å²) < 4.78 is 1.42. The molecule has 3 aromatic rings. The Labute approximate surface area is 146 Å². The first kappa shape index (κ1) is 16.0. The van der Waals surface area contributed by atoms with Crippen LogP contribution in [0.3, 0.4) is 0 Å². The van der Waals surface area contributed by atoms with Crippen molar-refractivity contribution < 1.29 is 0 Å². The molecule has 6 nitrogen and oxygen atoms in total. The number of benzene rings is 1. The monoisotopic (exact) mass is 337 g/mol. The summed E-state index contributed by atoms with van der Waals surface area (Å²) in [5, 5.41) is 3.07. The van der Waals surface area contributed by atoms with Gasteiger partial charge in [0, 0.05) is 18.2 Å². The highest BCUT2D eigenvalue weighted by molar-refractivity contribution is 5.61. The Balaban J connectivity index is 1.66. The van der Waals surface area contributed by atoms with E-state index in [1.54, 1.807) is 6.07 Å². The molecule has 0 amide bonds. The van der Waals surface area contributed by atoms with E-state index in [0.717, 1.165) is 35.8 Å². The van der Waals surface area contributed by atoms with Crippen LogP contribution in [0, 0.1) is 12.8 Å². The maximum atomic E-state index is 12.5. The summed E-state index contributed by atoms with van der Waals surface area (Å²) in [6, 6.07) is 9.60. The topological polar surface area (TPSA) is 66.3 Å². The first-order chi connectivity index (χ1) is 12.1. The lowest BCUT2D eigenvalue weighted by atomic mass is 9.99. The zero-order valence-electron chi connectivity index (χ0n) is 14.7. The zero-order valence-corrected chi connectivity index (χ0v) is 14.7. The number of hydrogen-bond donors (Lipinski definition) is 1. The van der Waals surface area contributed by atoms with E-state index in [2.05, 4.69) is 26.9 Å². The smallest absolute Gasteiger partial charge is 0.274 e. The second-order valence-electron chi connectivity index (χ2n) is 7.07. The van der Waals surface area contributed by atoms with E-state index in [0.29, 0.717) is 18.1 Å². The SMILES string of the molecule is Cc1ccccc1-c1nc2nc(CN3CCC(C)CC3)cc(=O)n2[nH]1. The third-order valence-corrected chi connectivity index (χ3v) is 5.05. The summed E-state index contributed by atoms with van der Waals surface area (Å²) >= 11 is 0. The molecule has 1 aromatic carbocycles. The van der Waals surface area contributed by atoms with Crippen molar-refractivity contribution in [2.45, 2.75) is 33.2 Å². The Hall–Kier alpha value is -2.47. The molecule has 3 heterocycles. The van der Waals surface area contributed by atoms with Gasteiger partial charge in [-0.3, -0.25) is 14.8 Å². The number of likely N-dealkylation sites (tertiary alicyclic amines) is 1. The maximum absolute atomic E-state index is 12.5. The number of rotatable bonds is 3. The summed E-state index contributed by atoms with van der Waals surface area (Å²) in [5.74, 6) is 1.90. The number of aryl methyl sites for hydroxylation is 1. The van der Waals surface area contributed by atoms with Crippen LogP contribution in [0.25, 0.3) is 17.2 Å².